The van der Waals surface area contributed by atoms with E-state index in [-0.39, 0.29) is 0 Å². The molecule has 0 saturated heterocycles. The fourth-order valence-corrected chi connectivity index (χ4v) is 1.73. The van der Waals surface area contributed by atoms with Crippen molar-refractivity contribution in [3.63, 3.8) is 0 Å². The lowest BCUT2D eigenvalue weighted by Crippen LogP contribution is -1.57. The second kappa shape index (κ2) is 45.3. The van der Waals surface area contributed by atoms with Crippen LogP contribution in [0.4, 0.5) is 0 Å². The maximum Gasteiger partial charge on any atom is 0.189 e. The summed E-state index contributed by atoms with van der Waals surface area (Å²) in [5.74, 6) is 141. The Bertz CT molecular complexity index is 3730. The molecule has 0 aliphatic rings. The largest absolute Gasteiger partial charge is 0.189 e. The molecule has 0 bridgehead atoms. The maximum atomic E-state index is 4.94. The quantitative estimate of drug-likeness (QED) is 0.243. The van der Waals surface area contributed by atoms with Crippen LogP contribution >= 0.6 is 0 Å². The molecule has 0 aliphatic carbocycles. The second-order valence-corrected chi connectivity index (χ2v) is 7.16. The molecule has 0 heterocycles. The third kappa shape index (κ3) is 45.3. The van der Waals surface area contributed by atoms with Gasteiger partial charge >= 0.3 is 0 Å². The topological polar surface area (TPSA) is 0 Å². The summed E-state index contributed by atoms with van der Waals surface area (Å²) in [6.07, 6.45) is 4.94. The zero-order valence-electron chi connectivity index (χ0n) is 29.7. The first-order valence-corrected chi connectivity index (χ1v) is 14.6. The Morgan fingerprint density at radius 3 is 0.305 bits per heavy atom. The van der Waals surface area contributed by atoms with E-state index in [0.29, 0.717) is 0 Å². The number of terminal acetylenes is 1. The second-order valence-electron chi connectivity index (χ2n) is 7.16. The summed E-state index contributed by atoms with van der Waals surface area (Å²) >= 11 is 0. The third-order valence-electron chi connectivity index (χ3n) is 3.52. The summed E-state index contributed by atoms with van der Waals surface area (Å²) in [7, 11) is 4.94. The summed E-state index contributed by atoms with van der Waals surface area (Å²) in [4.78, 5) is 0. The predicted octanol–water partition coefficient (Wildman–Crippen LogP) is -0.159. The maximum absolute atomic E-state index is 4.94. The van der Waals surface area contributed by atoms with E-state index in [1.54, 1.807) is 0 Å². The van der Waals surface area contributed by atoms with Gasteiger partial charge in [0.25, 0.3) is 0 Å². The van der Waals surface area contributed by atoms with Crippen molar-refractivity contribution in [3.05, 3.63) is 0 Å². The molecule has 0 rings (SSSR count). The van der Waals surface area contributed by atoms with Crippen LogP contribution in [0.2, 0.25) is 0 Å². The molecule has 0 nitrogen and oxygen atoms in total. The molecule has 0 amide bonds. The zero-order chi connectivity index (χ0) is 42.3. The van der Waals surface area contributed by atoms with Gasteiger partial charge in [0.2, 0.25) is 0 Å². The van der Waals surface area contributed by atoms with Crippen molar-refractivity contribution >= 4 is 7.85 Å². The van der Waals surface area contributed by atoms with E-state index in [1.807, 2.05) is 0 Å². The van der Waals surface area contributed by atoms with Crippen LogP contribution in [0.25, 0.3) is 0 Å². The van der Waals surface area contributed by atoms with E-state index in [1.165, 1.54) is 0 Å². The monoisotopic (exact) mass is 708 g/mol. The Morgan fingerprint density at radius 1 is 0.136 bits per heavy atom. The lowest BCUT2D eigenvalue weighted by molar-refractivity contribution is 2.31. The zero-order valence-corrected chi connectivity index (χ0v) is 29.7. The lowest BCUT2D eigenvalue weighted by Gasteiger charge is -1.57. The summed E-state index contributed by atoms with van der Waals surface area (Å²) in [5, 5.41) is 0. The highest BCUT2D eigenvalue weighted by atomic mass is 13.6. The molecule has 0 atom stereocenters. The minimum atomic E-state index is 2.12. The molecule has 0 aromatic heterocycles. The minimum Gasteiger partial charge on any atom is -0.158 e. The van der Waals surface area contributed by atoms with Crippen LogP contribution in [0.15, 0.2) is 0 Å². The van der Waals surface area contributed by atoms with Gasteiger partial charge in [-0.25, -0.2) is 0 Å². The van der Waals surface area contributed by atoms with E-state index in [0.717, 1.165) is 0 Å². The van der Waals surface area contributed by atoms with Gasteiger partial charge in [-0.2, -0.15) is 5.82 Å². The van der Waals surface area contributed by atoms with E-state index in [2.05, 4.69) is 337 Å². The highest BCUT2D eigenvalue weighted by Crippen LogP contribution is 1.63. The van der Waals surface area contributed by atoms with Gasteiger partial charge in [0, 0.05) is 237 Å². The van der Waals surface area contributed by atoms with Crippen molar-refractivity contribution in [1.29, 1.82) is 0 Å². The molecule has 0 N–H and O–H groups in total. The Hall–Kier alpha value is -12.7. The Kier molecular flexibility index (Phi) is 35.6. The van der Waals surface area contributed by atoms with E-state index in [4.69, 9.17) is 14.3 Å². The van der Waals surface area contributed by atoms with Crippen molar-refractivity contribution < 1.29 is 0 Å². The Labute approximate surface area is 350 Å². The molecule has 0 spiro atoms. The molecule has 0 aliphatic heterocycles. The van der Waals surface area contributed by atoms with Gasteiger partial charge in [-0.05, 0) is 94.7 Å². The first kappa shape index (κ1) is 46.3. The van der Waals surface area contributed by atoms with Gasteiger partial charge < -0.3 is 0 Å². The van der Waals surface area contributed by atoms with E-state index >= 15 is 0 Å². The fourth-order valence-electron chi connectivity index (χ4n) is 1.73. The molecular weight excluding hydrogens is 707 g/mol. The van der Waals surface area contributed by atoms with Crippen LogP contribution in [-0.4, -0.2) is 7.85 Å². The Balaban J connectivity index is 4.58. The van der Waals surface area contributed by atoms with Crippen LogP contribution in [0.1, 0.15) is 0 Å². The van der Waals surface area contributed by atoms with Crippen molar-refractivity contribution in [2.75, 3.05) is 0 Å². The third-order valence-corrected chi connectivity index (χ3v) is 3.52. The van der Waals surface area contributed by atoms with Gasteiger partial charge in [-0.15, -0.1) is 6.42 Å². The van der Waals surface area contributed by atoms with Gasteiger partial charge in [0.1, 0.15) is 0 Å². The smallest absolute Gasteiger partial charge is 0.158 e. The molecule has 0 aromatic carbocycles. The first-order chi connectivity index (χ1) is 29.4. The van der Waals surface area contributed by atoms with Crippen LogP contribution in [-0.2, 0) is 0 Å². The predicted molar refractivity (Wildman–Crippen MR) is 232 cm³/mol. The molecule has 0 unspecified atom stereocenters. The lowest BCUT2D eigenvalue weighted by atomic mass is 10.2. The number of rotatable bonds is 0. The highest BCUT2D eigenvalue weighted by Gasteiger charge is 1.63. The van der Waals surface area contributed by atoms with Gasteiger partial charge in [-0.3, -0.25) is 0 Å². The van der Waals surface area contributed by atoms with Gasteiger partial charge in [-0.1, -0.05) is 0 Å². The van der Waals surface area contributed by atoms with Crippen molar-refractivity contribution in [2.24, 2.45) is 0 Å². The fraction of sp³-hybridized carbons (Fsp3) is 0. The summed E-state index contributed by atoms with van der Waals surface area (Å²) in [6, 6.07) is 0. The van der Waals surface area contributed by atoms with Crippen LogP contribution < -0.4 is 0 Å². The molecule has 2 radical (unpaired) electrons. The summed E-state index contributed by atoms with van der Waals surface area (Å²) < 4.78 is 0. The van der Waals surface area contributed by atoms with Crippen molar-refractivity contribution in [2.45, 2.75) is 0 Å². The average molecular weight is 708 g/mol. The molecule has 1 heteroatoms. The standard InChI is InChI=1S/C58HB/c1-2-3-4-5-6-7-8-9-10-11-12-13-14-15-16-17-18-19-20-21-22-23-24-25-26-27-28-29-30-31-32-33-34-35-36-37-38-39-40-41-42-43-44-45-46-47-48-49-50-51-52-53-54-55-56-57-58-59/h1H. The van der Waals surface area contributed by atoms with E-state index in [9.17, 15) is 0 Å². The number of hydrogen-bond acceptors (Lipinski definition) is 0. The van der Waals surface area contributed by atoms with Crippen molar-refractivity contribution in [3.8, 4) is 344 Å². The van der Waals surface area contributed by atoms with Crippen LogP contribution in [0.3, 0.4) is 0 Å². The number of hydrogen-bond donors (Lipinski definition) is 0. The molecule has 59 heavy (non-hydrogen) atoms. The first-order valence-electron chi connectivity index (χ1n) is 14.6. The van der Waals surface area contributed by atoms with Crippen LogP contribution in [0.5, 0.6) is 0 Å². The van der Waals surface area contributed by atoms with Gasteiger partial charge in [0.15, 0.2) is 7.85 Å². The average Bonchev–Trinajstić information content (AvgIpc) is 3.25. The normalized spacial score (nSPS) is 3.92. The molecule has 0 aromatic rings. The van der Waals surface area contributed by atoms with Crippen LogP contribution in [0, 0.1) is 344 Å². The van der Waals surface area contributed by atoms with Crippen molar-refractivity contribution in [1.82, 2.24) is 0 Å². The Morgan fingerprint density at radius 2 is 0.220 bits per heavy atom. The summed E-state index contributed by atoms with van der Waals surface area (Å²) in [6.45, 7) is 0. The summed E-state index contributed by atoms with van der Waals surface area (Å²) in [5.41, 5.74) is 0. The molecule has 236 valence electrons. The molecule has 0 saturated carbocycles. The minimum absolute atomic E-state index is 2.12. The molecular formula is C58HB. The highest BCUT2D eigenvalue weighted by molar-refractivity contribution is 6.22. The SMILES string of the molecule is [B]C#CC#CC#CC#CC#CC#CC#CC#CC#CC#CC#CC#CC#CC#CC#CC#CC#CC#CC#CC#CC#CC#CC#CC#CC#CC#CC#CC#CC#C. The molecule has 0 fully saturated rings. The van der Waals surface area contributed by atoms with Gasteiger partial charge in [0.05, 0.1) is 0 Å². The van der Waals surface area contributed by atoms with E-state index < -0.39 is 0 Å².